The number of hydrogen-bond acceptors (Lipinski definition) is 8. The van der Waals surface area contributed by atoms with Crippen LogP contribution in [-0.4, -0.2) is 55.9 Å². The summed E-state index contributed by atoms with van der Waals surface area (Å²) in [6.45, 7) is 6.53. The summed E-state index contributed by atoms with van der Waals surface area (Å²) in [5, 5.41) is 11.6. The summed E-state index contributed by atoms with van der Waals surface area (Å²) >= 11 is 2.85. The Balaban J connectivity index is 1.33. The number of amides is 1. The third kappa shape index (κ3) is 5.07. The Labute approximate surface area is 204 Å². The molecule has 1 aromatic carbocycles. The van der Waals surface area contributed by atoms with Gasteiger partial charge in [-0.2, -0.15) is 0 Å². The number of anilines is 1. The van der Waals surface area contributed by atoms with Gasteiger partial charge in [0.15, 0.2) is 11.0 Å². The van der Waals surface area contributed by atoms with Crippen molar-refractivity contribution in [3.8, 4) is 16.4 Å². The lowest BCUT2D eigenvalue weighted by Gasteiger charge is -2.34. The predicted molar refractivity (Wildman–Crippen MR) is 130 cm³/mol. The zero-order valence-corrected chi connectivity index (χ0v) is 20.3. The number of halogens is 1. The van der Waals surface area contributed by atoms with Gasteiger partial charge in [-0.3, -0.25) is 15.0 Å². The first-order valence-corrected chi connectivity index (χ1v) is 12.6. The SMILES string of the molecule is CC1CN(Cc2csc(NC(=O)c3nc(-c4cccs4)n(-c4ccc(F)cc4)n3)n2)CC(C)O1. The van der Waals surface area contributed by atoms with Gasteiger partial charge >= 0.3 is 0 Å². The molecule has 0 radical (unpaired) electrons. The van der Waals surface area contributed by atoms with E-state index in [2.05, 4.69) is 39.1 Å². The summed E-state index contributed by atoms with van der Waals surface area (Å²) in [5.41, 5.74) is 1.51. The molecular formula is C23H23FN6O2S2. The van der Waals surface area contributed by atoms with Gasteiger partial charge < -0.3 is 4.74 Å². The fourth-order valence-corrected chi connectivity index (χ4v) is 5.36. The number of aromatic nitrogens is 4. The minimum absolute atomic E-state index is 0.0142. The smallest absolute Gasteiger partial charge is 0.297 e. The van der Waals surface area contributed by atoms with E-state index in [0.29, 0.717) is 23.2 Å². The average Bonchev–Trinajstić information content (AvgIpc) is 3.54. The molecule has 11 heteroatoms. The van der Waals surface area contributed by atoms with Crippen LogP contribution in [-0.2, 0) is 11.3 Å². The van der Waals surface area contributed by atoms with Crippen LogP contribution in [0.1, 0.15) is 30.2 Å². The lowest BCUT2D eigenvalue weighted by atomic mass is 10.2. The molecule has 8 nitrogen and oxygen atoms in total. The maximum Gasteiger partial charge on any atom is 0.297 e. The Morgan fingerprint density at radius 2 is 1.91 bits per heavy atom. The van der Waals surface area contributed by atoms with Gasteiger partial charge in [-0.1, -0.05) is 6.07 Å². The van der Waals surface area contributed by atoms with Crippen molar-refractivity contribution in [3.63, 3.8) is 0 Å². The molecule has 1 aliphatic heterocycles. The van der Waals surface area contributed by atoms with E-state index >= 15 is 0 Å². The monoisotopic (exact) mass is 498 g/mol. The van der Waals surface area contributed by atoms with Crippen LogP contribution in [0, 0.1) is 5.82 Å². The lowest BCUT2D eigenvalue weighted by Crippen LogP contribution is -2.44. The van der Waals surface area contributed by atoms with Gasteiger partial charge in [0.25, 0.3) is 5.91 Å². The van der Waals surface area contributed by atoms with Crippen molar-refractivity contribution in [3.05, 3.63) is 64.5 Å². The third-order valence-electron chi connectivity index (χ3n) is 5.28. The van der Waals surface area contributed by atoms with Gasteiger partial charge in [0, 0.05) is 25.0 Å². The standard InChI is InChI=1S/C23H23FN6O2S2/c1-14-10-29(11-15(2)32-14)12-17-13-34-23(25-17)27-22(31)20-26-21(19-4-3-9-33-19)30(28-20)18-7-5-16(24)6-8-18/h3-9,13-15H,10-12H2,1-2H3,(H,25,27,31). The summed E-state index contributed by atoms with van der Waals surface area (Å²) < 4.78 is 20.8. The molecule has 0 aliphatic carbocycles. The number of benzene rings is 1. The number of carbonyl (C=O) groups excluding carboxylic acids is 1. The summed E-state index contributed by atoms with van der Waals surface area (Å²) in [7, 11) is 0. The van der Waals surface area contributed by atoms with Gasteiger partial charge in [0.1, 0.15) is 5.82 Å². The topological polar surface area (TPSA) is 85.2 Å². The first-order valence-electron chi connectivity index (χ1n) is 10.8. The van der Waals surface area contributed by atoms with Crippen LogP contribution in [0.4, 0.5) is 9.52 Å². The van der Waals surface area contributed by atoms with E-state index in [9.17, 15) is 9.18 Å². The fraction of sp³-hybridized carbons (Fsp3) is 0.304. The molecule has 176 valence electrons. The molecule has 0 saturated carbocycles. The zero-order chi connectivity index (χ0) is 23.7. The molecule has 0 spiro atoms. The molecule has 1 saturated heterocycles. The maximum atomic E-state index is 13.4. The highest BCUT2D eigenvalue weighted by Crippen LogP contribution is 2.26. The van der Waals surface area contributed by atoms with Crippen molar-refractivity contribution in [2.45, 2.75) is 32.6 Å². The molecule has 1 aliphatic rings. The number of morpholine rings is 1. The van der Waals surface area contributed by atoms with Crippen LogP contribution in [0.3, 0.4) is 0 Å². The molecule has 5 rings (SSSR count). The van der Waals surface area contributed by atoms with E-state index in [4.69, 9.17) is 4.74 Å². The molecule has 2 atom stereocenters. The molecule has 3 aromatic heterocycles. The third-order valence-corrected chi connectivity index (χ3v) is 6.95. The van der Waals surface area contributed by atoms with Gasteiger partial charge in [-0.15, -0.1) is 27.8 Å². The number of thiophene rings is 1. The minimum atomic E-state index is -0.451. The molecule has 4 aromatic rings. The summed E-state index contributed by atoms with van der Waals surface area (Å²) in [6.07, 6.45) is 0.364. The van der Waals surface area contributed by atoms with Crippen LogP contribution >= 0.6 is 22.7 Å². The van der Waals surface area contributed by atoms with E-state index in [1.165, 1.54) is 34.8 Å². The summed E-state index contributed by atoms with van der Waals surface area (Å²) in [5.74, 6) is -0.268. The van der Waals surface area contributed by atoms with Gasteiger partial charge in [0.05, 0.1) is 28.5 Å². The second-order valence-corrected chi connectivity index (χ2v) is 9.98. The molecule has 1 N–H and O–H groups in total. The van der Waals surface area contributed by atoms with Crippen LogP contribution in [0.2, 0.25) is 0 Å². The zero-order valence-electron chi connectivity index (χ0n) is 18.6. The van der Waals surface area contributed by atoms with Crippen molar-refractivity contribution in [2.75, 3.05) is 18.4 Å². The molecule has 1 fully saturated rings. The van der Waals surface area contributed by atoms with Crippen LogP contribution in [0.15, 0.2) is 47.2 Å². The number of ether oxygens (including phenoxy) is 1. The maximum absolute atomic E-state index is 13.4. The Hall–Kier alpha value is -2.99. The normalized spacial score (nSPS) is 18.8. The average molecular weight is 499 g/mol. The molecular weight excluding hydrogens is 475 g/mol. The van der Waals surface area contributed by atoms with E-state index in [0.717, 1.165) is 23.7 Å². The van der Waals surface area contributed by atoms with Gasteiger partial charge in [-0.25, -0.2) is 19.0 Å². The largest absolute Gasteiger partial charge is 0.373 e. The Kier molecular flexibility index (Phi) is 6.50. The molecule has 2 unspecified atom stereocenters. The first kappa shape index (κ1) is 22.8. The van der Waals surface area contributed by atoms with Crippen molar-refractivity contribution in [1.82, 2.24) is 24.6 Å². The van der Waals surface area contributed by atoms with Gasteiger partial charge in [-0.05, 0) is 49.6 Å². The number of thiazole rings is 1. The fourth-order valence-electron chi connectivity index (χ4n) is 3.97. The second-order valence-electron chi connectivity index (χ2n) is 8.17. The Morgan fingerprint density at radius 3 is 2.62 bits per heavy atom. The Bertz CT molecular complexity index is 1260. The van der Waals surface area contributed by atoms with Crippen LogP contribution < -0.4 is 5.32 Å². The van der Waals surface area contributed by atoms with Gasteiger partial charge in [0.2, 0.25) is 5.82 Å². The minimum Gasteiger partial charge on any atom is -0.373 e. The van der Waals surface area contributed by atoms with E-state index in [-0.39, 0.29) is 23.8 Å². The highest BCUT2D eigenvalue weighted by Gasteiger charge is 2.24. The first-order chi connectivity index (χ1) is 16.4. The summed E-state index contributed by atoms with van der Waals surface area (Å²) in [4.78, 5) is 25.2. The van der Waals surface area contributed by atoms with Crippen LogP contribution in [0.5, 0.6) is 0 Å². The number of rotatable bonds is 6. The molecule has 1 amide bonds. The lowest BCUT2D eigenvalue weighted by molar-refractivity contribution is -0.0707. The highest BCUT2D eigenvalue weighted by molar-refractivity contribution is 7.14. The number of carbonyl (C=O) groups is 1. The van der Waals surface area contributed by atoms with E-state index < -0.39 is 5.91 Å². The molecule has 4 heterocycles. The van der Waals surface area contributed by atoms with Crippen molar-refractivity contribution in [1.29, 1.82) is 0 Å². The Morgan fingerprint density at radius 1 is 1.15 bits per heavy atom. The van der Waals surface area contributed by atoms with E-state index in [1.54, 1.807) is 16.8 Å². The predicted octanol–water partition coefficient (Wildman–Crippen LogP) is 4.45. The number of nitrogens with one attached hydrogen (secondary N) is 1. The van der Waals surface area contributed by atoms with Crippen molar-refractivity contribution < 1.29 is 13.9 Å². The highest BCUT2D eigenvalue weighted by atomic mass is 32.1. The second kappa shape index (κ2) is 9.71. The quantitative estimate of drug-likeness (QED) is 0.423. The summed E-state index contributed by atoms with van der Waals surface area (Å²) in [6, 6.07) is 9.70. The van der Waals surface area contributed by atoms with Crippen LogP contribution in [0.25, 0.3) is 16.4 Å². The van der Waals surface area contributed by atoms with Crippen molar-refractivity contribution >= 4 is 33.7 Å². The number of hydrogen-bond donors (Lipinski definition) is 1. The molecule has 34 heavy (non-hydrogen) atoms. The van der Waals surface area contributed by atoms with E-state index in [1.807, 2.05) is 22.9 Å². The molecule has 0 bridgehead atoms. The number of nitrogens with zero attached hydrogens (tertiary/aromatic N) is 5. The van der Waals surface area contributed by atoms with Crippen molar-refractivity contribution in [2.24, 2.45) is 0 Å².